The maximum absolute atomic E-state index is 13.8. The number of hydrogen-bond donors (Lipinski definition) is 4. The van der Waals surface area contributed by atoms with Crippen LogP contribution in [0.1, 0.15) is 43.0 Å². The highest BCUT2D eigenvalue weighted by Crippen LogP contribution is 2.28. The maximum atomic E-state index is 13.8. The highest BCUT2D eigenvalue weighted by Gasteiger charge is 2.31. The number of nitrogens with one attached hydrogen (secondary N) is 3. The van der Waals surface area contributed by atoms with Crippen LogP contribution in [0.3, 0.4) is 0 Å². The Morgan fingerprint density at radius 3 is 2.39 bits per heavy atom. The predicted molar refractivity (Wildman–Crippen MR) is 136 cm³/mol. The smallest absolute Gasteiger partial charge is 0.240 e. The van der Waals surface area contributed by atoms with Crippen molar-refractivity contribution in [2.45, 2.75) is 57.1 Å². The molecular formula is C26H33F2N3O4S. The number of aliphatic hydroxyl groups is 1. The maximum Gasteiger partial charge on any atom is 0.240 e. The molecule has 0 saturated heterocycles. The van der Waals surface area contributed by atoms with Crippen LogP contribution in [0.2, 0.25) is 0 Å². The van der Waals surface area contributed by atoms with E-state index in [0.717, 1.165) is 41.2 Å². The van der Waals surface area contributed by atoms with E-state index in [1.165, 1.54) is 0 Å². The van der Waals surface area contributed by atoms with Crippen LogP contribution in [0.25, 0.3) is 5.70 Å². The molecular weight excluding hydrogens is 488 g/mol. The third-order valence-electron chi connectivity index (χ3n) is 6.38. The fraction of sp³-hybridized carbons (Fsp3) is 0.423. The quantitative estimate of drug-likeness (QED) is 0.383. The summed E-state index contributed by atoms with van der Waals surface area (Å²) in [5, 5.41) is 20.9. The molecule has 0 aliphatic carbocycles. The predicted octanol–water partition coefficient (Wildman–Crippen LogP) is 2.43. The second-order valence-corrected chi connectivity index (χ2v) is 11.4. The molecule has 196 valence electrons. The third-order valence-corrected chi connectivity index (χ3v) is 7.69. The Bertz CT molecular complexity index is 1240. The van der Waals surface area contributed by atoms with Gasteiger partial charge in [-0.25, -0.2) is 17.2 Å². The number of amides is 1. The lowest BCUT2D eigenvalue weighted by molar-refractivity contribution is -0.127. The van der Waals surface area contributed by atoms with E-state index in [4.69, 9.17) is 0 Å². The Kier molecular flexibility index (Phi) is 8.53. The largest absolute Gasteiger partial charge is 0.389 e. The fourth-order valence-electron chi connectivity index (χ4n) is 3.94. The Balaban J connectivity index is 1.85. The van der Waals surface area contributed by atoms with Crippen molar-refractivity contribution >= 4 is 21.4 Å². The van der Waals surface area contributed by atoms with Gasteiger partial charge in [-0.15, -0.1) is 0 Å². The SMILES string of the molecule is CCc1ccc2c(c1)C(NCC(O)C(Cc1cc(F)cc(F)c1)NC(=O)C(C)(C)NC)=CS(=O)(=O)C2. The van der Waals surface area contributed by atoms with Crippen LogP contribution in [-0.4, -0.2) is 50.7 Å². The van der Waals surface area contributed by atoms with E-state index in [2.05, 4.69) is 16.0 Å². The summed E-state index contributed by atoms with van der Waals surface area (Å²) in [6.45, 7) is 5.20. The fourth-order valence-corrected chi connectivity index (χ4v) is 5.28. The van der Waals surface area contributed by atoms with Crippen molar-refractivity contribution in [2.24, 2.45) is 0 Å². The number of carbonyl (C=O) groups is 1. The van der Waals surface area contributed by atoms with Crippen molar-refractivity contribution in [3.05, 3.63) is 75.7 Å². The molecule has 7 nitrogen and oxygen atoms in total. The van der Waals surface area contributed by atoms with Crippen molar-refractivity contribution in [2.75, 3.05) is 13.6 Å². The summed E-state index contributed by atoms with van der Waals surface area (Å²) >= 11 is 0. The normalized spacial score (nSPS) is 16.5. The Labute approximate surface area is 210 Å². The summed E-state index contributed by atoms with van der Waals surface area (Å²) in [5.74, 6) is -2.05. The van der Waals surface area contributed by atoms with Gasteiger partial charge in [-0.1, -0.05) is 19.1 Å². The summed E-state index contributed by atoms with van der Waals surface area (Å²) in [5.41, 5.74) is 2.07. The number of halogens is 2. The molecule has 0 bridgehead atoms. The number of rotatable bonds is 10. The minimum absolute atomic E-state index is 0.0447. The molecule has 0 fully saturated rings. The first-order valence-electron chi connectivity index (χ1n) is 11.8. The van der Waals surface area contributed by atoms with Gasteiger partial charge in [0.25, 0.3) is 0 Å². The van der Waals surface area contributed by atoms with Gasteiger partial charge >= 0.3 is 0 Å². The highest BCUT2D eigenvalue weighted by atomic mass is 32.2. The van der Waals surface area contributed by atoms with Gasteiger partial charge in [0.2, 0.25) is 5.91 Å². The van der Waals surface area contributed by atoms with Crippen molar-refractivity contribution in [1.29, 1.82) is 0 Å². The first-order chi connectivity index (χ1) is 16.8. The number of carbonyl (C=O) groups excluding carboxylic acids is 1. The van der Waals surface area contributed by atoms with Crippen LogP contribution >= 0.6 is 0 Å². The monoisotopic (exact) mass is 521 g/mol. The lowest BCUT2D eigenvalue weighted by Gasteiger charge is -2.30. The first kappa shape index (κ1) is 27.8. The van der Waals surface area contributed by atoms with E-state index in [0.29, 0.717) is 11.3 Å². The number of fused-ring (bicyclic) bond motifs is 1. The molecule has 1 amide bonds. The van der Waals surface area contributed by atoms with Gasteiger partial charge in [-0.05, 0) is 68.6 Å². The lowest BCUT2D eigenvalue weighted by Crippen LogP contribution is -2.57. The summed E-state index contributed by atoms with van der Waals surface area (Å²) < 4.78 is 52.4. The van der Waals surface area contributed by atoms with E-state index in [1.54, 1.807) is 27.0 Å². The molecule has 2 unspecified atom stereocenters. The van der Waals surface area contributed by atoms with E-state index < -0.39 is 45.1 Å². The standard InChI is InChI=1S/C26H33F2N3O4S/c1-5-16-6-7-18-14-36(34,35)15-23(21(18)10-16)30-13-24(32)22(31-25(33)26(2,3)29-4)11-17-8-19(27)12-20(28)9-17/h6-10,12,15,22,24,29-30,32H,5,11,13-14H2,1-4H3,(H,31,33). The molecule has 0 spiro atoms. The number of aliphatic hydroxyl groups excluding tert-OH is 1. The van der Waals surface area contributed by atoms with Gasteiger partial charge in [0.1, 0.15) is 11.6 Å². The molecule has 1 aliphatic heterocycles. The molecule has 1 aliphatic rings. The number of aryl methyl sites for hydroxylation is 1. The molecule has 3 rings (SSSR count). The van der Waals surface area contributed by atoms with Crippen molar-refractivity contribution < 1.29 is 27.1 Å². The molecule has 36 heavy (non-hydrogen) atoms. The van der Waals surface area contributed by atoms with Gasteiger partial charge in [-0.3, -0.25) is 4.79 Å². The third kappa shape index (κ3) is 6.89. The highest BCUT2D eigenvalue weighted by molar-refractivity contribution is 7.93. The Morgan fingerprint density at radius 1 is 1.11 bits per heavy atom. The van der Waals surface area contributed by atoms with E-state index in [1.807, 2.05) is 19.1 Å². The zero-order valence-electron chi connectivity index (χ0n) is 20.9. The van der Waals surface area contributed by atoms with E-state index in [-0.39, 0.29) is 24.3 Å². The van der Waals surface area contributed by atoms with Crippen molar-refractivity contribution in [3.8, 4) is 0 Å². The van der Waals surface area contributed by atoms with Crippen LogP contribution < -0.4 is 16.0 Å². The van der Waals surface area contributed by atoms with Gasteiger partial charge in [0.05, 0.1) is 34.5 Å². The number of benzene rings is 2. The average Bonchev–Trinajstić information content (AvgIpc) is 2.80. The first-order valence-corrected chi connectivity index (χ1v) is 13.5. The van der Waals surface area contributed by atoms with Gasteiger partial charge < -0.3 is 21.1 Å². The zero-order chi connectivity index (χ0) is 26.7. The molecule has 0 aromatic heterocycles. The molecule has 1 heterocycles. The van der Waals surface area contributed by atoms with Crippen LogP contribution in [0.15, 0.2) is 41.8 Å². The van der Waals surface area contributed by atoms with E-state index >= 15 is 0 Å². The van der Waals surface area contributed by atoms with Crippen LogP contribution in [0.5, 0.6) is 0 Å². The number of sulfone groups is 1. The minimum Gasteiger partial charge on any atom is -0.389 e. The molecule has 4 N–H and O–H groups in total. The van der Waals surface area contributed by atoms with Crippen LogP contribution in [0, 0.1) is 11.6 Å². The van der Waals surface area contributed by atoms with Crippen molar-refractivity contribution in [1.82, 2.24) is 16.0 Å². The van der Waals surface area contributed by atoms with Crippen LogP contribution in [0.4, 0.5) is 8.78 Å². The summed E-state index contributed by atoms with van der Waals surface area (Å²) in [6, 6.07) is 7.71. The molecule has 2 aromatic rings. The molecule has 0 radical (unpaired) electrons. The average molecular weight is 522 g/mol. The summed E-state index contributed by atoms with van der Waals surface area (Å²) in [4.78, 5) is 12.8. The van der Waals surface area contributed by atoms with E-state index in [9.17, 15) is 27.1 Å². The number of likely N-dealkylation sites (N-methyl/N-ethyl adjacent to an activating group) is 1. The zero-order valence-corrected chi connectivity index (χ0v) is 21.7. The second-order valence-electron chi connectivity index (χ2n) is 9.57. The van der Waals surface area contributed by atoms with Crippen LogP contribution in [-0.2, 0) is 33.2 Å². The molecule has 2 atom stereocenters. The second kappa shape index (κ2) is 11.1. The Hall–Kier alpha value is -2.82. The molecule has 10 heteroatoms. The Morgan fingerprint density at radius 2 is 1.78 bits per heavy atom. The van der Waals surface area contributed by atoms with Gasteiger partial charge in [0.15, 0.2) is 9.84 Å². The topological polar surface area (TPSA) is 108 Å². The minimum atomic E-state index is -3.50. The summed E-state index contributed by atoms with van der Waals surface area (Å²) in [6.07, 6.45) is -0.483. The number of hydrogen-bond acceptors (Lipinski definition) is 6. The van der Waals surface area contributed by atoms with Gasteiger partial charge in [0, 0.05) is 18.2 Å². The molecule has 2 aromatic carbocycles. The van der Waals surface area contributed by atoms with Crippen molar-refractivity contribution in [3.63, 3.8) is 0 Å². The lowest BCUT2D eigenvalue weighted by atomic mass is 9.97. The van der Waals surface area contributed by atoms with Gasteiger partial charge in [-0.2, -0.15) is 0 Å². The summed E-state index contributed by atoms with van der Waals surface area (Å²) in [7, 11) is -1.88. The molecule has 0 saturated carbocycles.